The highest BCUT2D eigenvalue weighted by Gasteiger charge is 2.33. The maximum absolute atomic E-state index is 11.8. The van der Waals surface area contributed by atoms with Gasteiger partial charge in [-0.25, -0.2) is 4.79 Å². The lowest BCUT2D eigenvalue weighted by molar-refractivity contribution is -0.161. The fraction of sp³-hybridized carbons (Fsp3) is 0.381. The second kappa shape index (κ2) is 9.82. The van der Waals surface area contributed by atoms with E-state index in [1.54, 1.807) is 26.0 Å². The van der Waals surface area contributed by atoms with E-state index in [1.165, 1.54) is 0 Å². The summed E-state index contributed by atoms with van der Waals surface area (Å²) in [5.41, 5.74) is 0.714. The molecule has 0 fully saturated rings. The Morgan fingerprint density at radius 2 is 1.65 bits per heavy atom. The second-order valence-corrected chi connectivity index (χ2v) is 6.21. The molecule has 0 amide bonds. The Morgan fingerprint density at radius 1 is 1.00 bits per heavy atom. The third kappa shape index (κ3) is 5.77. The molecule has 0 bridgehead atoms. The van der Waals surface area contributed by atoms with E-state index < -0.39 is 18.2 Å². The number of para-hydroxylation sites is 1. The van der Waals surface area contributed by atoms with Crippen LogP contribution in [0, 0.1) is 0 Å². The van der Waals surface area contributed by atoms with E-state index in [4.69, 9.17) is 14.2 Å². The predicted octanol–water partition coefficient (Wildman–Crippen LogP) is 4.47. The van der Waals surface area contributed by atoms with Crippen molar-refractivity contribution >= 4 is 5.97 Å². The second-order valence-electron chi connectivity index (χ2n) is 6.21. The Kier molecular flexibility index (Phi) is 7.48. The summed E-state index contributed by atoms with van der Waals surface area (Å²) in [6.45, 7) is 6.28. The van der Waals surface area contributed by atoms with Crippen LogP contribution in [0.15, 0.2) is 54.6 Å². The normalized spacial score (nSPS) is 13.2. The number of aliphatic carboxylic acids is 1. The van der Waals surface area contributed by atoms with Crippen LogP contribution >= 0.6 is 0 Å². The van der Waals surface area contributed by atoms with Gasteiger partial charge in [0.15, 0.2) is 12.2 Å². The first-order valence-electron chi connectivity index (χ1n) is 8.84. The molecule has 5 nitrogen and oxygen atoms in total. The maximum atomic E-state index is 11.8. The smallest absolute Gasteiger partial charge is 0.337 e. The number of carboxylic acid groups (broad SMARTS) is 1. The van der Waals surface area contributed by atoms with E-state index in [9.17, 15) is 9.90 Å². The summed E-state index contributed by atoms with van der Waals surface area (Å²) in [5, 5.41) is 9.67. The first kappa shape index (κ1) is 19.8. The fourth-order valence-electron chi connectivity index (χ4n) is 2.48. The number of benzene rings is 2. The third-order valence-corrected chi connectivity index (χ3v) is 3.62. The molecule has 0 saturated carbocycles. The molecule has 2 atom stereocenters. The zero-order chi connectivity index (χ0) is 18.9. The quantitative estimate of drug-likeness (QED) is 0.679. The molecule has 0 aliphatic heterocycles. The van der Waals surface area contributed by atoms with Gasteiger partial charge in [0.1, 0.15) is 11.5 Å². The predicted molar refractivity (Wildman–Crippen MR) is 99.7 cm³/mol. The van der Waals surface area contributed by atoms with Gasteiger partial charge in [-0.05, 0) is 50.1 Å². The van der Waals surface area contributed by atoms with Crippen molar-refractivity contribution < 1.29 is 24.1 Å². The summed E-state index contributed by atoms with van der Waals surface area (Å²) in [7, 11) is 0. The molecule has 0 aromatic heterocycles. The summed E-state index contributed by atoms with van der Waals surface area (Å²) in [4.78, 5) is 11.8. The number of carboxylic acids is 1. The Morgan fingerprint density at radius 3 is 2.19 bits per heavy atom. The lowest BCUT2D eigenvalue weighted by Gasteiger charge is -2.27. The van der Waals surface area contributed by atoms with E-state index in [-0.39, 0.29) is 6.10 Å². The maximum Gasteiger partial charge on any atom is 0.337 e. The van der Waals surface area contributed by atoms with Crippen LogP contribution in [0.1, 0.15) is 38.9 Å². The fourth-order valence-corrected chi connectivity index (χ4v) is 2.48. The first-order chi connectivity index (χ1) is 12.5. The lowest BCUT2D eigenvalue weighted by Crippen LogP contribution is -2.36. The van der Waals surface area contributed by atoms with Crippen LogP contribution in [-0.2, 0) is 9.53 Å². The van der Waals surface area contributed by atoms with Gasteiger partial charge in [0, 0.05) is 0 Å². The monoisotopic (exact) mass is 358 g/mol. The van der Waals surface area contributed by atoms with E-state index in [0.717, 1.165) is 12.2 Å². The highest BCUT2D eigenvalue weighted by molar-refractivity contribution is 5.73. The summed E-state index contributed by atoms with van der Waals surface area (Å²) in [6, 6.07) is 16.4. The van der Waals surface area contributed by atoms with Gasteiger partial charge in [0.25, 0.3) is 0 Å². The third-order valence-electron chi connectivity index (χ3n) is 3.62. The molecule has 2 unspecified atom stereocenters. The molecule has 0 saturated heterocycles. The van der Waals surface area contributed by atoms with Crippen LogP contribution in [0.4, 0.5) is 0 Å². The van der Waals surface area contributed by atoms with Gasteiger partial charge in [-0.1, -0.05) is 37.3 Å². The van der Waals surface area contributed by atoms with Crippen LogP contribution in [0.3, 0.4) is 0 Å². The molecule has 140 valence electrons. The van der Waals surface area contributed by atoms with Crippen molar-refractivity contribution in [3.8, 4) is 11.5 Å². The molecule has 2 aromatic rings. The zero-order valence-electron chi connectivity index (χ0n) is 15.4. The average Bonchev–Trinajstić information content (AvgIpc) is 2.64. The number of hydrogen-bond donors (Lipinski definition) is 1. The van der Waals surface area contributed by atoms with Crippen molar-refractivity contribution in [3.63, 3.8) is 0 Å². The van der Waals surface area contributed by atoms with Crippen molar-refractivity contribution in [3.05, 3.63) is 60.2 Å². The van der Waals surface area contributed by atoms with E-state index >= 15 is 0 Å². The molecule has 0 heterocycles. The van der Waals surface area contributed by atoms with Gasteiger partial charge in [-0.15, -0.1) is 0 Å². The summed E-state index contributed by atoms with van der Waals surface area (Å²) in [6.07, 6.45) is -1.23. The van der Waals surface area contributed by atoms with Gasteiger partial charge in [0.2, 0.25) is 0 Å². The van der Waals surface area contributed by atoms with Crippen LogP contribution in [0.5, 0.6) is 11.5 Å². The molecule has 0 aliphatic rings. The van der Waals surface area contributed by atoms with Crippen LogP contribution < -0.4 is 9.47 Å². The van der Waals surface area contributed by atoms with Gasteiger partial charge in [0.05, 0.1) is 12.7 Å². The zero-order valence-corrected chi connectivity index (χ0v) is 15.4. The highest BCUT2D eigenvalue weighted by Crippen LogP contribution is 2.29. The van der Waals surface area contributed by atoms with Crippen molar-refractivity contribution in [2.24, 2.45) is 0 Å². The Bertz CT molecular complexity index is 667. The van der Waals surface area contributed by atoms with Gasteiger partial charge >= 0.3 is 5.97 Å². The molecule has 1 N–H and O–H groups in total. The van der Waals surface area contributed by atoms with Crippen molar-refractivity contribution in [1.82, 2.24) is 0 Å². The van der Waals surface area contributed by atoms with Crippen molar-refractivity contribution in [2.45, 2.75) is 45.5 Å². The summed E-state index contributed by atoms with van der Waals surface area (Å²) >= 11 is 0. The lowest BCUT2D eigenvalue weighted by atomic mass is 10.0. The van der Waals surface area contributed by atoms with E-state index in [1.807, 2.05) is 49.4 Å². The molecular formula is C21H26O5. The molecule has 0 radical (unpaired) electrons. The van der Waals surface area contributed by atoms with E-state index in [2.05, 4.69) is 0 Å². The van der Waals surface area contributed by atoms with Crippen LogP contribution in [0.25, 0.3) is 0 Å². The molecule has 5 heteroatoms. The Hall–Kier alpha value is -2.53. The molecular weight excluding hydrogens is 332 g/mol. The standard InChI is InChI=1S/C21H26O5/c1-4-14-24-17-12-10-16(11-13-17)19(20(21(22)23)25-15(2)3)26-18-8-6-5-7-9-18/h5-13,15,19-20H,4,14H2,1-3H3,(H,22,23). The minimum atomic E-state index is -1.13. The van der Waals surface area contributed by atoms with E-state index in [0.29, 0.717) is 17.9 Å². The minimum absolute atomic E-state index is 0.245. The number of hydrogen-bond acceptors (Lipinski definition) is 4. The molecule has 2 aromatic carbocycles. The van der Waals surface area contributed by atoms with Crippen molar-refractivity contribution in [2.75, 3.05) is 6.61 Å². The summed E-state index contributed by atoms with van der Waals surface area (Å²) < 4.78 is 17.2. The van der Waals surface area contributed by atoms with Gasteiger partial charge in [-0.3, -0.25) is 0 Å². The first-order valence-corrected chi connectivity index (χ1v) is 8.84. The highest BCUT2D eigenvalue weighted by atomic mass is 16.6. The number of carbonyl (C=O) groups is 1. The average molecular weight is 358 g/mol. The summed E-state index contributed by atoms with van der Waals surface area (Å²) in [5.74, 6) is 0.263. The SMILES string of the molecule is CCCOc1ccc(C(Oc2ccccc2)C(OC(C)C)C(=O)O)cc1. The van der Waals surface area contributed by atoms with Crippen molar-refractivity contribution in [1.29, 1.82) is 0 Å². The van der Waals surface area contributed by atoms with Gasteiger partial charge in [-0.2, -0.15) is 0 Å². The van der Waals surface area contributed by atoms with Crippen LogP contribution in [0.2, 0.25) is 0 Å². The van der Waals surface area contributed by atoms with Crippen LogP contribution in [-0.4, -0.2) is 29.9 Å². The minimum Gasteiger partial charge on any atom is -0.494 e. The Balaban J connectivity index is 2.30. The largest absolute Gasteiger partial charge is 0.494 e. The molecule has 0 aliphatic carbocycles. The van der Waals surface area contributed by atoms with Gasteiger partial charge < -0.3 is 19.3 Å². The molecule has 26 heavy (non-hydrogen) atoms. The topological polar surface area (TPSA) is 65.0 Å². The number of rotatable bonds is 10. The number of ether oxygens (including phenoxy) is 3. The molecule has 2 rings (SSSR count). The Labute approximate surface area is 154 Å². The molecule has 0 spiro atoms.